The van der Waals surface area contributed by atoms with Gasteiger partial charge in [0.1, 0.15) is 0 Å². The Morgan fingerprint density at radius 3 is 2.57 bits per heavy atom. The molecule has 5 heteroatoms. The zero-order valence-electron chi connectivity index (χ0n) is 7.86. The lowest BCUT2D eigenvalue weighted by molar-refractivity contribution is -0.384. The van der Waals surface area contributed by atoms with E-state index in [-0.39, 0.29) is 5.69 Å². The zero-order chi connectivity index (χ0) is 10.7. The molecule has 76 valence electrons. The van der Waals surface area contributed by atoms with Crippen molar-refractivity contribution < 1.29 is 4.92 Å². The Kier molecular flexibility index (Phi) is 3.77. The van der Waals surface area contributed by atoms with Crippen molar-refractivity contribution in [3.8, 4) is 0 Å². The van der Waals surface area contributed by atoms with Crippen molar-refractivity contribution >= 4 is 29.1 Å². The maximum Gasteiger partial charge on any atom is 0.270 e. The van der Waals surface area contributed by atoms with E-state index in [9.17, 15) is 10.1 Å². The van der Waals surface area contributed by atoms with Crippen molar-refractivity contribution in [2.45, 2.75) is 24.0 Å². The number of thioether (sulfide) groups is 1. The van der Waals surface area contributed by atoms with E-state index in [4.69, 9.17) is 11.6 Å². The molecule has 0 aliphatic rings. The third-order valence-corrected chi connectivity index (χ3v) is 3.00. The van der Waals surface area contributed by atoms with Gasteiger partial charge in [0.05, 0.1) is 9.95 Å². The third-order valence-electron chi connectivity index (χ3n) is 1.49. The van der Waals surface area contributed by atoms with Crippen LogP contribution in [0.4, 0.5) is 5.69 Å². The van der Waals surface area contributed by atoms with Crippen LogP contribution in [0.2, 0.25) is 5.02 Å². The van der Waals surface area contributed by atoms with Crippen molar-refractivity contribution in [1.29, 1.82) is 0 Å². The fourth-order valence-electron chi connectivity index (χ4n) is 0.953. The number of non-ortho nitro benzene ring substituents is 1. The smallest absolute Gasteiger partial charge is 0.258 e. The van der Waals surface area contributed by atoms with Gasteiger partial charge in [0.15, 0.2) is 0 Å². The molecule has 0 heterocycles. The fourth-order valence-corrected chi connectivity index (χ4v) is 2.09. The van der Waals surface area contributed by atoms with E-state index in [0.717, 1.165) is 4.90 Å². The predicted octanol–water partition coefficient (Wildman–Crippen LogP) is 3.75. The average Bonchev–Trinajstić information content (AvgIpc) is 2.07. The highest BCUT2D eigenvalue weighted by molar-refractivity contribution is 8.00. The Labute approximate surface area is 91.6 Å². The number of nitro groups is 1. The summed E-state index contributed by atoms with van der Waals surface area (Å²) in [6.07, 6.45) is 0. The first kappa shape index (κ1) is 11.3. The monoisotopic (exact) mass is 231 g/mol. The molecule has 1 rings (SSSR count). The van der Waals surface area contributed by atoms with Gasteiger partial charge >= 0.3 is 0 Å². The minimum atomic E-state index is -0.449. The first-order valence-electron chi connectivity index (χ1n) is 4.11. The molecule has 0 aliphatic heterocycles. The fraction of sp³-hybridized carbons (Fsp3) is 0.333. The van der Waals surface area contributed by atoms with Gasteiger partial charge < -0.3 is 0 Å². The van der Waals surface area contributed by atoms with Gasteiger partial charge in [0, 0.05) is 22.3 Å². The van der Waals surface area contributed by atoms with Gasteiger partial charge in [0.25, 0.3) is 5.69 Å². The van der Waals surface area contributed by atoms with Gasteiger partial charge in [-0.25, -0.2) is 0 Å². The van der Waals surface area contributed by atoms with Gasteiger partial charge in [-0.15, -0.1) is 11.8 Å². The second-order valence-corrected chi connectivity index (χ2v) is 5.06. The molecular formula is C9H10ClNO2S. The van der Waals surface area contributed by atoms with Crippen LogP contribution in [-0.4, -0.2) is 10.2 Å². The summed E-state index contributed by atoms with van der Waals surface area (Å²) in [5.74, 6) is 0. The molecule has 0 radical (unpaired) electrons. The van der Waals surface area contributed by atoms with E-state index in [0.29, 0.717) is 10.3 Å². The molecule has 0 saturated carbocycles. The van der Waals surface area contributed by atoms with Crippen LogP contribution >= 0.6 is 23.4 Å². The van der Waals surface area contributed by atoms with Crippen LogP contribution in [0.15, 0.2) is 23.1 Å². The van der Waals surface area contributed by atoms with E-state index < -0.39 is 4.92 Å². The van der Waals surface area contributed by atoms with Gasteiger partial charge in [-0.1, -0.05) is 25.4 Å². The van der Waals surface area contributed by atoms with Gasteiger partial charge in [-0.05, 0) is 6.07 Å². The molecule has 0 fully saturated rings. The molecule has 0 saturated heterocycles. The first-order valence-corrected chi connectivity index (χ1v) is 5.37. The van der Waals surface area contributed by atoms with Crippen molar-refractivity contribution in [3.63, 3.8) is 0 Å². The maximum absolute atomic E-state index is 10.4. The van der Waals surface area contributed by atoms with E-state index in [1.165, 1.54) is 12.1 Å². The van der Waals surface area contributed by atoms with Crippen molar-refractivity contribution in [2.24, 2.45) is 0 Å². The molecule has 0 unspecified atom stereocenters. The zero-order valence-corrected chi connectivity index (χ0v) is 9.43. The summed E-state index contributed by atoms with van der Waals surface area (Å²) < 4.78 is 0. The number of benzene rings is 1. The molecule has 1 aromatic rings. The van der Waals surface area contributed by atoms with E-state index >= 15 is 0 Å². The second-order valence-electron chi connectivity index (χ2n) is 3.04. The Bertz CT molecular complexity index is 355. The number of hydrogen-bond donors (Lipinski definition) is 0. The lowest BCUT2D eigenvalue weighted by Crippen LogP contribution is -1.90. The molecule has 0 amide bonds. The molecule has 0 aromatic heterocycles. The van der Waals surface area contributed by atoms with Gasteiger partial charge in [-0.2, -0.15) is 0 Å². The molecule has 0 bridgehead atoms. The summed E-state index contributed by atoms with van der Waals surface area (Å²) in [4.78, 5) is 10.9. The Hall–Kier alpha value is -0.740. The summed E-state index contributed by atoms with van der Waals surface area (Å²) in [7, 11) is 0. The molecule has 14 heavy (non-hydrogen) atoms. The number of nitrogens with zero attached hydrogens (tertiary/aromatic N) is 1. The Morgan fingerprint density at radius 2 is 2.14 bits per heavy atom. The Balaban J connectivity index is 2.95. The average molecular weight is 232 g/mol. The molecular weight excluding hydrogens is 222 g/mol. The summed E-state index contributed by atoms with van der Waals surface area (Å²) in [6, 6.07) is 4.54. The molecule has 0 aliphatic carbocycles. The standard InChI is InChI=1S/C9H10ClNO2S/c1-6(2)14-9-4-3-7(11(12)13)5-8(9)10/h3-6H,1-2H3. The van der Waals surface area contributed by atoms with E-state index in [2.05, 4.69) is 0 Å². The van der Waals surface area contributed by atoms with Crippen LogP contribution in [0.3, 0.4) is 0 Å². The molecule has 0 atom stereocenters. The predicted molar refractivity (Wildman–Crippen MR) is 59.1 cm³/mol. The summed E-state index contributed by atoms with van der Waals surface area (Å²) in [5.41, 5.74) is 0.0307. The van der Waals surface area contributed by atoms with Crippen LogP contribution in [0, 0.1) is 10.1 Å². The number of hydrogen-bond acceptors (Lipinski definition) is 3. The van der Waals surface area contributed by atoms with Crippen LogP contribution in [0.1, 0.15) is 13.8 Å². The molecule has 1 aromatic carbocycles. The minimum absolute atomic E-state index is 0.0307. The third kappa shape index (κ3) is 2.89. The Morgan fingerprint density at radius 1 is 1.50 bits per heavy atom. The van der Waals surface area contributed by atoms with Gasteiger partial charge in [-0.3, -0.25) is 10.1 Å². The van der Waals surface area contributed by atoms with E-state index in [1.54, 1.807) is 17.8 Å². The van der Waals surface area contributed by atoms with E-state index in [1.807, 2.05) is 13.8 Å². The van der Waals surface area contributed by atoms with Crippen LogP contribution in [-0.2, 0) is 0 Å². The number of halogens is 1. The number of nitro benzene ring substituents is 1. The quantitative estimate of drug-likeness (QED) is 0.452. The topological polar surface area (TPSA) is 43.1 Å². The highest BCUT2D eigenvalue weighted by atomic mass is 35.5. The number of rotatable bonds is 3. The van der Waals surface area contributed by atoms with Crippen LogP contribution in [0.25, 0.3) is 0 Å². The summed E-state index contributed by atoms with van der Waals surface area (Å²) in [5, 5.41) is 11.3. The summed E-state index contributed by atoms with van der Waals surface area (Å²) >= 11 is 7.48. The SMILES string of the molecule is CC(C)Sc1ccc([N+](=O)[O-])cc1Cl. The molecule has 3 nitrogen and oxygen atoms in total. The highest BCUT2D eigenvalue weighted by Crippen LogP contribution is 2.32. The van der Waals surface area contributed by atoms with Crippen molar-refractivity contribution in [2.75, 3.05) is 0 Å². The van der Waals surface area contributed by atoms with Gasteiger partial charge in [0.2, 0.25) is 0 Å². The first-order chi connectivity index (χ1) is 6.50. The molecule has 0 spiro atoms. The van der Waals surface area contributed by atoms with Crippen molar-refractivity contribution in [3.05, 3.63) is 33.3 Å². The normalized spacial score (nSPS) is 10.6. The van der Waals surface area contributed by atoms with Crippen molar-refractivity contribution in [1.82, 2.24) is 0 Å². The highest BCUT2D eigenvalue weighted by Gasteiger charge is 2.10. The second kappa shape index (κ2) is 4.66. The largest absolute Gasteiger partial charge is 0.270 e. The summed E-state index contributed by atoms with van der Waals surface area (Å²) in [6.45, 7) is 4.09. The maximum atomic E-state index is 10.4. The minimum Gasteiger partial charge on any atom is -0.258 e. The lowest BCUT2D eigenvalue weighted by atomic mass is 10.3. The van der Waals surface area contributed by atoms with Crippen LogP contribution < -0.4 is 0 Å². The molecule has 0 N–H and O–H groups in total. The lowest BCUT2D eigenvalue weighted by Gasteiger charge is -2.05. The van der Waals surface area contributed by atoms with Crippen LogP contribution in [0.5, 0.6) is 0 Å².